The van der Waals surface area contributed by atoms with Crippen molar-refractivity contribution in [1.29, 1.82) is 0 Å². The molecule has 1 aliphatic carbocycles. The molecule has 2 atom stereocenters. The Morgan fingerprint density at radius 3 is 2.14 bits per heavy atom. The number of aromatic nitrogens is 1. The highest BCUT2D eigenvalue weighted by molar-refractivity contribution is 5.83. The summed E-state index contributed by atoms with van der Waals surface area (Å²) in [6, 6.07) is 0.379. The van der Waals surface area contributed by atoms with Crippen molar-refractivity contribution < 1.29 is 41.0 Å². The fourth-order valence-corrected chi connectivity index (χ4v) is 6.92. The molecule has 0 bridgehead atoms. The van der Waals surface area contributed by atoms with Crippen LogP contribution in [0.3, 0.4) is 0 Å². The van der Waals surface area contributed by atoms with E-state index < -0.39 is 76.1 Å². The maximum Gasteiger partial charge on any atom is 0.416 e. The van der Waals surface area contributed by atoms with E-state index in [1.54, 1.807) is 32.8 Å². The Morgan fingerprint density at radius 2 is 1.65 bits per heavy atom. The summed E-state index contributed by atoms with van der Waals surface area (Å²) in [6.07, 6.45) is -4.04. The minimum atomic E-state index is -4.86. The summed E-state index contributed by atoms with van der Waals surface area (Å²) in [7, 11) is 3.43. The fraction of sp³-hybridized carbons (Fsp3) is 0.447. The Labute approximate surface area is 292 Å². The van der Waals surface area contributed by atoms with Gasteiger partial charge in [-0.25, -0.2) is 13.2 Å². The number of carboxylic acids is 1. The first-order valence-corrected chi connectivity index (χ1v) is 16.4. The van der Waals surface area contributed by atoms with Gasteiger partial charge in [0.15, 0.2) is 0 Å². The molecule has 0 aliphatic heterocycles. The summed E-state index contributed by atoms with van der Waals surface area (Å²) in [5, 5.41) is 12.2. The monoisotopic (exact) mass is 717 g/mol. The van der Waals surface area contributed by atoms with Crippen LogP contribution in [0.25, 0.3) is 11.1 Å². The van der Waals surface area contributed by atoms with Crippen LogP contribution in [0.2, 0.25) is 0 Å². The lowest BCUT2D eigenvalue weighted by Gasteiger charge is -2.29. The first-order valence-electron chi connectivity index (χ1n) is 16.4. The molecule has 1 amide bonds. The molecule has 51 heavy (non-hydrogen) atoms. The maximum atomic E-state index is 16.8. The van der Waals surface area contributed by atoms with Crippen molar-refractivity contribution in [2.24, 2.45) is 5.92 Å². The van der Waals surface area contributed by atoms with Crippen molar-refractivity contribution in [3.05, 3.63) is 91.6 Å². The van der Waals surface area contributed by atoms with Crippen LogP contribution in [0.1, 0.15) is 91.9 Å². The number of pyridine rings is 1. The Balaban J connectivity index is 1.91. The maximum absolute atomic E-state index is 16.8. The molecule has 1 aliphatic rings. The number of hydrogen-bond donors (Lipinski definition) is 2. The molecule has 0 saturated heterocycles. The van der Waals surface area contributed by atoms with Crippen molar-refractivity contribution >= 4 is 11.9 Å². The summed E-state index contributed by atoms with van der Waals surface area (Å²) in [5.41, 5.74) is -3.64. The van der Waals surface area contributed by atoms with E-state index >= 15 is 8.78 Å². The third kappa shape index (κ3) is 8.50. The van der Waals surface area contributed by atoms with Crippen molar-refractivity contribution in [2.45, 2.75) is 84.0 Å². The van der Waals surface area contributed by atoms with Crippen LogP contribution in [0.4, 0.5) is 26.3 Å². The Bertz CT molecular complexity index is 1950. The van der Waals surface area contributed by atoms with E-state index in [4.69, 9.17) is 0 Å². The van der Waals surface area contributed by atoms with Crippen LogP contribution in [-0.2, 0) is 21.2 Å². The first-order chi connectivity index (χ1) is 23.7. The summed E-state index contributed by atoms with van der Waals surface area (Å²) in [5.74, 6) is -0.665. The van der Waals surface area contributed by atoms with Crippen LogP contribution in [0.5, 0.6) is 0 Å². The number of aryl methyl sites for hydroxylation is 2. The average Bonchev–Trinajstić information content (AvgIpc) is 3.75. The number of carbonyl (C=O) groups is 2. The lowest BCUT2D eigenvalue weighted by atomic mass is 9.88. The highest BCUT2D eigenvalue weighted by Crippen LogP contribution is 2.52. The molecule has 13 heteroatoms. The molecule has 2 unspecified atom stereocenters. The van der Waals surface area contributed by atoms with E-state index in [2.05, 4.69) is 17.2 Å². The summed E-state index contributed by atoms with van der Waals surface area (Å²) < 4.78 is 90.7. The Kier molecular flexibility index (Phi) is 11.5. The van der Waals surface area contributed by atoms with Crippen LogP contribution in [0.15, 0.2) is 35.3 Å². The zero-order valence-electron chi connectivity index (χ0n) is 29.5. The number of nitrogens with one attached hydrogen (secondary N) is 1. The molecular formula is C38H41F6N3O4. The van der Waals surface area contributed by atoms with Gasteiger partial charge in [-0.05, 0) is 100 Å². The largest absolute Gasteiger partial charge is 0.481 e. The Morgan fingerprint density at radius 1 is 1.04 bits per heavy atom. The topological polar surface area (TPSA) is 91.6 Å². The van der Waals surface area contributed by atoms with E-state index in [1.165, 1.54) is 20.8 Å². The number of rotatable bonds is 12. The zero-order chi connectivity index (χ0) is 38.2. The van der Waals surface area contributed by atoms with E-state index in [9.17, 15) is 37.1 Å². The number of likely N-dealkylation sites (N-methyl/N-ethyl adjacent to an activating group) is 1. The first kappa shape index (κ1) is 39.2. The molecule has 3 aromatic rings. The summed E-state index contributed by atoms with van der Waals surface area (Å²) >= 11 is 0. The van der Waals surface area contributed by atoms with Gasteiger partial charge in [0.1, 0.15) is 23.5 Å². The molecule has 1 saturated carbocycles. The number of nitrogens with zero attached hydrogens (tertiary/aromatic N) is 2. The van der Waals surface area contributed by atoms with E-state index in [0.717, 1.165) is 29.0 Å². The zero-order valence-corrected chi connectivity index (χ0v) is 29.5. The van der Waals surface area contributed by atoms with Crippen molar-refractivity contribution in [3.63, 3.8) is 0 Å². The average molecular weight is 718 g/mol. The molecule has 2 N–H and O–H groups in total. The molecular weight excluding hydrogens is 676 g/mol. The standard InChI is InChI=1S/C38H41F6N3O4/c1-8-9-23-15-27(40)34(35(41)33(23)32-21(4)13-24(39)14-22(32)5)28(17-31(49)50)45-36(51)29(12-20(2)3)47-18-26(37(10-11-37)19-46(6)7)25(16-30(47)48)38(42,43)44/h13-16,18,20,28-29H,10-12,17,19H2,1-7H3,(H,45,51)(H,49,50). The predicted octanol–water partition coefficient (Wildman–Crippen LogP) is 7.45. The van der Waals surface area contributed by atoms with Gasteiger partial charge in [-0.3, -0.25) is 14.4 Å². The minimum absolute atomic E-state index is 0.0772. The van der Waals surface area contributed by atoms with Crippen LogP contribution >= 0.6 is 0 Å². The fourth-order valence-electron chi connectivity index (χ4n) is 6.92. The van der Waals surface area contributed by atoms with Gasteiger partial charge >= 0.3 is 12.1 Å². The SMILES string of the molecule is CC#Cc1cc(F)c(C(CC(=O)O)NC(=O)C(CC(C)C)n2cc(C3(CN(C)C)CC3)c(C(F)(F)F)cc2=O)c(F)c1-c1c(C)cc(F)cc1C. The normalized spacial score (nSPS) is 15.0. The van der Waals surface area contributed by atoms with Gasteiger partial charge in [-0.1, -0.05) is 19.8 Å². The van der Waals surface area contributed by atoms with Crippen LogP contribution in [0, 0.1) is 49.1 Å². The van der Waals surface area contributed by atoms with E-state index in [-0.39, 0.29) is 41.1 Å². The predicted molar refractivity (Wildman–Crippen MR) is 181 cm³/mol. The molecule has 1 aromatic heterocycles. The number of carboxylic acid groups (broad SMARTS) is 1. The number of amides is 1. The number of benzene rings is 2. The second-order valence-corrected chi connectivity index (χ2v) is 14.0. The third-order valence-electron chi connectivity index (χ3n) is 9.07. The number of aliphatic carboxylic acids is 1. The molecule has 1 fully saturated rings. The van der Waals surface area contributed by atoms with Gasteiger partial charge in [0.2, 0.25) is 5.91 Å². The van der Waals surface area contributed by atoms with E-state index in [0.29, 0.717) is 30.0 Å². The quantitative estimate of drug-likeness (QED) is 0.150. The van der Waals surface area contributed by atoms with Crippen molar-refractivity contribution in [3.8, 4) is 23.0 Å². The van der Waals surface area contributed by atoms with Crippen molar-refractivity contribution in [2.75, 3.05) is 20.6 Å². The van der Waals surface area contributed by atoms with Crippen LogP contribution < -0.4 is 10.9 Å². The van der Waals surface area contributed by atoms with Gasteiger partial charge in [0.25, 0.3) is 5.56 Å². The van der Waals surface area contributed by atoms with Gasteiger partial charge in [0, 0.05) is 40.9 Å². The third-order valence-corrected chi connectivity index (χ3v) is 9.07. The number of halogens is 6. The molecule has 2 aromatic carbocycles. The van der Waals surface area contributed by atoms with Crippen molar-refractivity contribution in [1.82, 2.24) is 14.8 Å². The number of alkyl halides is 3. The smallest absolute Gasteiger partial charge is 0.416 e. The molecule has 0 radical (unpaired) electrons. The summed E-state index contributed by atoms with van der Waals surface area (Å²) in [4.78, 5) is 41.3. The molecule has 1 heterocycles. The molecule has 0 spiro atoms. The molecule has 7 nitrogen and oxygen atoms in total. The molecule has 274 valence electrons. The lowest BCUT2D eigenvalue weighted by molar-refractivity contribution is -0.139. The lowest BCUT2D eigenvalue weighted by Crippen LogP contribution is -2.41. The Hall–Kier alpha value is -4.57. The second-order valence-electron chi connectivity index (χ2n) is 14.0. The number of hydrogen-bond acceptors (Lipinski definition) is 4. The van der Waals surface area contributed by atoms with Gasteiger partial charge in [-0.2, -0.15) is 13.2 Å². The highest BCUT2D eigenvalue weighted by Gasteiger charge is 2.50. The van der Waals surface area contributed by atoms with Gasteiger partial charge < -0.3 is 19.9 Å². The highest BCUT2D eigenvalue weighted by atomic mass is 19.4. The van der Waals surface area contributed by atoms with Gasteiger partial charge in [-0.15, -0.1) is 5.92 Å². The second kappa shape index (κ2) is 15.0. The minimum Gasteiger partial charge on any atom is -0.481 e. The van der Waals surface area contributed by atoms with E-state index in [1.807, 2.05) is 0 Å². The van der Waals surface area contributed by atoms with Gasteiger partial charge in [0.05, 0.1) is 18.0 Å². The summed E-state index contributed by atoms with van der Waals surface area (Å²) in [6.45, 7) is 8.16. The number of carbonyl (C=O) groups excluding carboxylic acids is 1. The molecule has 4 rings (SSSR count). The van der Waals surface area contributed by atoms with Crippen LogP contribution in [-0.4, -0.2) is 47.1 Å².